The number of hydrogen-bond acceptors (Lipinski definition) is 5. The lowest BCUT2D eigenvalue weighted by Crippen LogP contribution is -2.22. The van der Waals surface area contributed by atoms with Crippen LogP contribution in [0.5, 0.6) is 0 Å². The normalized spacial score (nSPS) is 13.8. The van der Waals surface area contributed by atoms with E-state index in [9.17, 15) is 9.59 Å². The summed E-state index contributed by atoms with van der Waals surface area (Å²) in [4.78, 5) is 30.9. The Labute approximate surface area is 147 Å². The Morgan fingerprint density at radius 2 is 2.00 bits per heavy atom. The van der Waals surface area contributed by atoms with Crippen LogP contribution in [-0.2, 0) is 17.6 Å². The van der Waals surface area contributed by atoms with Crippen molar-refractivity contribution in [2.45, 2.75) is 30.8 Å². The molecule has 0 atom stereocenters. The smallest absolute Gasteiger partial charge is 0.267 e. The van der Waals surface area contributed by atoms with Crippen molar-refractivity contribution < 1.29 is 4.79 Å². The minimum Gasteiger partial charge on any atom is -0.302 e. The van der Waals surface area contributed by atoms with Crippen molar-refractivity contribution in [1.82, 2.24) is 9.55 Å². The number of para-hydroxylation sites is 1. The Balaban J connectivity index is 2.01. The number of rotatable bonds is 4. The molecule has 2 aromatic heterocycles. The molecule has 4 rings (SSSR count). The fraction of sp³-hybridized carbons (Fsp3) is 0.278. The van der Waals surface area contributed by atoms with E-state index in [0.717, 1.165) is 41.5 Å². The number of thioether (sulfide) groups is 1. The van der Waals surface area contributed by atoms with Crippen LogP contribution in [0.4, 0.5) is 0 Å². The van der Waals surface area contributed by atoms with Crippen LogP contribution in [0.3, 0.4) is 0 Å². The summed E-state index contributed by atoms with van der Waals surface area (Å²) in [5.74, 6) is 0.288. The minimum atomic E-state index is -0.0148. The summed E-state index contributed by atoms with van der Waals surface area (Å²) in [5.41, 5.74) is 1.97. The summed E-state index contributed by atoms with van der Waals surface area (Å²) in [6.07, 6.45) is 5.15. The molecule has 0 unspecified atom stereocenters. The zero-order chi connectivity index (χ0) is 16.5. The molecule has 6 heteroatoms. The monoisotopic (exact) mass is 356 g/mol. The molecule has 0 radical (unpaired) electrons. The number of nitrogens with zero attached hydrogens (tertiary/aromatic N) is 2. The lowest BCUT2D eigenvalue weighted by molar-refractivity contribution is -0.105. The van der Waals surface area contributed by atoms with Gasteiger partial charge in [0.25, 0.3) is 5.56 Å². The van der Waals surface area contributed by atoms with Gasteiger partial charge in [0.15, 0.2) is 5.16 Å². The number of carbonyl (C=O) groups is 1. The van der Waals surface area contributed by atoms with E-state index < -0.39 is 0 Å². The summed E-state index contributed by atoms with van der Waals surface area (Å²) in [5, 5.41) is 1.36. The number of fused-ring (bicyclic) bond motifs is 3. The van der Waals surface area contributed by atoms with Crippen LogP contribution in [0.1, 0.15) is 23.3 Å². The molecular weight excluding hydrogens is 340 g/mol. The van der Waals surface area contributed by atoms with E-state index in [1.807, 2.05) is 30.3 Å². The lowest BCUT2D eigenvalue weighted by Gasteiger charge is -2.13. The van der Waals surface area contributed by atoms with E-state index in [4.69, 9.17) is 4.98 Å². The Morgan fingerprint density at radius 1 is 1.21 bits per heavy atom. The van der Waals surface area contributed by atoms with Crippen molar-refractivity contribution in [3.05, 3.63) is 51.1 Å². The molecule has 2 heterocycles. The first-order valence-electron chi connectivity index (χ1n) is 7.98. The quantitative estimate of drug-likeness (QED) is 0.407. The predicted octanol–water partition coefficient (Wildman–Crippen LogP) is 3.62. The van der Waals surface area contributed by atoms with Crippen molar-refractivity contribution in [1.29, 1.82) is 0 Å². The molecule has 3 aromatic rings. The van der Waals surface area contributed by atoms with Crippen LogP contribution < -0.4 is 5.56 Å². The van der Waals surface area contributed by atoms with Gasteiger partial charge >= 0.3 is 0 Å². The van der Waals surface area contributed by atoms with Gasteiger partial charge in [0.1, 0.15) is 11.1 Å². The van der Waals surface area contributed by atoms with Gasteiger partial charge < -0.3 is 4.79 Å². The number of hydrogen-bond donors (Lipinski definition) is 0. The molecule has 1 aromatic carbocycles. The molecule has 24 heavy (non-hydrogen) atoms. The van der Waals surface area contributed by atoms with Gasteiger partial charge in [-0.2, -0.15) is 0 Å². The molecular formula is C18H16N2O2S2. The topological polar surface area (TPSA) is 52.0 Å². The van der Waals surface area contributed by atoms with Gasteiger partial charge in [0.05, 0.1) is 16.8 Å². The van der Waals surface area contributed by atoms with Crippen LogP contribution in [0.2, 0.25) is 0 Å². The van der Waals surface area contributed by atoms with Crippen molar-refractivity contribution in [2.75, 3.05) is 5.75 Å². The zero-order valence-electron chi connectivity index (χ0n) is 13.0. The second-order valence-corrected chi connectivity index (χ2v) is 7.81. The molecule has 1 aliphatic rings. The highest BCUT2D eigenvalue weighted by molar-refractivity contribution is 7.99. The van der Waals surface area contributed by atoms with Crippen molar-refractivity contribution >= 4 is 39.6 Å². The first kappa shape index (κ1) is 15.6. The maximum Gasteiger partial charge on any atom is 0.267 e. The van der Waals surface area contributed by atoms with Gasteiger partial charge in [0, 0.05) is 4.88 Å². The maximum absolute atomic E-state index is 13.3. The fourth-order valence-corrected chi connectivity index (χ4v) is 5.20. The van der Waals surface area contributed by atoms with Gasteiger partial charge in [0.2, 0.25) is 0 Å². The highest BCUT2D eigenvalue weighted by Crippen LogP contribution is 2.35. The average molecular weight is 356 g/mol. The van der Waals surface area contributed by atoms with Crippen LogP contribution >= 0.6 is 23.1 Å². The second-order valence-electron chi connectivity index (χ2n) is 5.74. The number of thiophene rings is 1. The predicted molar refractivity (Wildman–Crippen MR) is 98.6 cm³/mol. The number of benzene rings is 1. The molecule has 0 bridgehead atoms. The van der Waals surface area contributed by atoms with E-state index in [1.54, 1.807) is 15.9 Å². The largest absolute Gasteiger partial charge is 0.302 e. The van der Waals surface area contributed by atoms with Crippen LogP contribution in [0, 0.1) is 0 Å². The first-order chi connectivity index (χ1) is 11.8. The summed E-state index contributed by atoms with van der Waals surface area (Å²) < 4.78 is 1.65. The van der Waals surface area contributed by atoms with E-state index in [-0.39, 0.29) is 11.3 Å². The average Bonchev–Trinajstić information content (AvgIpc) is 2.99. The van der Waals surface area contributed by atoms with E-state index in [2.05, 4.69) is 0 Å². The molecule has 4 nitrogen and oxygen atoms in total. The van der Waals surface area contributed by atoms with Crippen LogP contribution in [0.25, 0.3) is 15.9 Å². The highest BCUT2D eigenvalue weighted by atomic mass is 32.2. The van der Waals surface area contributed by atoms with Gasteiger partial charge in [-0.1, -0.05) is 30.0 Å². The van der Waals surface area contributed by atoms with E-state index >= 15 is 0 Å². The number of aryl methyl sites for hydroxylation is 2. The summed E-state index contributed by atoms with van der Waals surface area (Å²) in [7, 11) is 0. The third-order valence-corrected chi connectivity index (χ3v) is 6.27. The van der Waals surface area contributed by atoms with Gasteiger partial charge in [-0.25, -0.2) is 4.98 Å². The molecule has 0 fully saturated rings. The van der Waals surface area contributed by atoms with Crippen LogP contribution in [-0.4, -0.2) is 21.6 Å². The third-order valence-electron chi connectivity index (χ3n) is 4.25. The Hall–Kier alpha value is -1.92. The molecule has 0 spiro atoms. The summed E-state index contributed by atoms with van der Waals surface area (Å²) >= 11 is 2.95. The second kappa shape index (κ2) is 6.53. The van der Waals surface area contributed by atoms with Crippen molar-refractivity contribution in [3.8, 4) is 5.69 Å². The SMILES string of the molecule is O=CCSc1nc2sc3c(c2c(=O)n1-c1ccccc1)CCCC3. The molecule has 1 aliphatic carbocycles. The number of aromatic nitrogens is 2. The highest BCUT2D eigenvalue weighted by Gasteiger charge is 2.22. The third kappa shape index (κ3) is 2.59. The minimum absolute atomic E-state index is 0.0148. The summed E-state index contributed by atoms with van der Waals surface area (Å²) in [6.45, 7) is 0. The zero-order valence-corrected chi connectivity index (χ0v) is 14.7. The molecule has 0 aliphatic heterocycles. The van der Waals surface area contributed by atoms with Gasteiger partial charge in [-0.05, 0) is 43.4 Å². The van der Waals surface area contributed by atoms with Crippen LogP contribution in [0.15, 0.2) is 40.3 Å². The number of aldehydes is 1. The molecule has 122 valence electrons. The Kier molecular flexibility index (Phi) is 4.24. The fourth-order valence-electron chi connectivity index (χ4n) is 3.20. The number of carbonyl (C=O) groups excluding carboxylic acids is 1. The van der Waals surface area contributed by atoms with Crippen molar-refractivity contribution in [2.24, 2.45) is 0 Å². The summed E-state index contributed by atoms with van der Waals surface area (Å²) in [6, 6.07) is 9.54. The van der Waals surface area contributed by atoms with E-state index in [1.165, 1.54) is 28.6 Å². The standard InChI is InChI=1S/C18H16N2O2S2/c21-10-11-23-18-19-16-15(13-8-4-5-9-14(13)24-16)17(22)20(18)12-6-2-1-3-7-12/h1-3,6-7,10H,4-5,8-9,11H2. The first-order valence-corrected chi connectivity index (χ1v) is 9.79. The molecule has 0 amide bonds. The Morgan fingerprint density at radius 3 is 2.79 bits per heavy atom. The Bertz CT molecular complexity index is 961. The molecule has 0 N–H and O–H groups in total. The van der Waals surface area contributed by atoms with E-state index in [0.29, 0.717) is 5.16 Å². The lowest BCUT2D eigenvalue weighted by atomic mass is 9.97. The van der Waals surface area contributed by atoms with Crippen molar-refractivity contribution in [3.63, 3.8) is 0 Å². The maximum atomic E-state index is 13.3. The van der Waals surface area contributed by atoms with Gasteiger partial charge in [-0.15, -0.1) is 11.3 Å². The van der Waals surface area contributed by atoms with Gasteiger partial charge in [-0.3, -0.25) is 9.36 Å². The molecule has 0 saturated heterocycles. The molecule has 0 saturated carbocycles.